The fourth-order valence-electron chi connectivity index (χ4n) is 1.24. The highest BCUT2D eigenvalue weighted by molar-refractivity contribution is 6.32. The fraction of sp³-hybridized carbons (Fsp3) is 0. The molecule has 66 valence electrons. The minimum Gasteiger partial charge on any atom is -0.255 e. The quantitative estimate of drug-likeness (QED) is 0.507. The van der Waals surface area contributed by atoms with Gasteiger partial charge < -0.3 is 0 Å². The molecular weight excluding hydrogens is 170 g/mol. The van der Waals surface area contributed by atoms with Gasteiger partial charge in [-0.2, -0.15) is 0 Å². The fourth-order valence-corrected chi connectivity index (χ4v) is 1.24. The summed E-state index contributed by atoms with van der Waals surface area (Å²) in [5.74, 6) is 0. The number of rotatable bonds is 1. The highest BCUT2D eigenvalue weighted by Crippen LogP contribution is 2.09. The van der Waals surface area contributed by atoms with Crippen LogP contribution >= 0.6 is 0 Å². The minimum absolute atomic E-state index is 0.926. The normalized spacial score (nSPS) is 10.0. The molecule has 0 atom stereocenters. The zero-order valence-electron chi connectivity index (χ0n) is 8.36. The summed E-state index contributed by atoms with van der Waals surface area (Å²) in [6.45, 7) is 0. The van der Waals surface area contributed by atoms with E-state index >= 15 is 0 Å². The van der Waals surface area contributed by atoms with Gasteiger partial charge >= 0.3 is 0 Å². The summed E-state index contributed by atoms with van der Waals surface area (Å²) in [5, 5.41) is 0. The first-order valence-corrected chi connectivity index (χ1v) is 4.61. The van der Waals surface area contributed by atoms with E-state index in [1.54, 1.807) is 0 Å². The van der Waals surface area contributed by atoms with Crippen molar-refractivity contribution in [1.82, 2.24) is 9.97 Å². The van der Waals surface area contributed by atoms with Crippen LogP contribution in [-0.4, -0.2) is 25.7 Å². The zero-order chi connectivity index (χ0) is 9.97. The van der Waals surface area contributed by atoms with E-state index in [1.165, 1.54) is 10.9 Å². The standard InChI is InChI=1S/C10H10B2N2/c11-7-1-3-9(13-5-7)10-4-2-8(12)6-14-10/h1-6H,11-12H2. The maximum absolute atomic E-state index is 4.32. The van der Waals surface area contributed by atoms with Gasteiger partial charge in [0.15, 0.2) is 0 Å². The Labute approximate surface area is 85.2 Å². The molecule has 0 spiro atoms. The van der Waals surface area contributed by atoms with Crippen LogP contribution in [0.5, 0.6) is 0 Å². The Morgan fingerprint density at radius 3 is 1.43 bits per heavy atom. The predicted octanol–water partition coefficient (Wildman–Crippen LogP) is -1.34. The number of hydrogen-bond acceptors (Lipinski definition) is 2. The van der Waals surface area contributed by atoms with Crippen LogP contribution in [0.25, 0.3) is 11.4 Å². The monoisotopic (exact) mass is 180 g/mol. The first-order valence-electron chi connectivity index (χ1n) is 4.61. The Hall–Kier alpha value is -1.57. The van der Waals surface area contributed by atoms with Crippen LogP contribution in [0.3, 0.4) is 0 Å². The zero-order valence-corrected chi connectivity index (χ0v) is 8.36. The number of aromatic nitrogens is 2. The van der Waals surface area contributed by atoms with Crippen LogP contribution in [0, 0.1) is 0 Å². The topological polar surface area (TPSA) is 25.8 Å². The number of hydrogen-bond donors (Lipinski definition) is 0. The van der Waals surface area contributed by atoms with Gasteiger partial charge in [-0.3, -0.25) is 9.97 Å². The first kappa shape index (κ1) is 9.00. The molecular formula is C10H10B2N2. The van der Waals surface area contributed by atoms with Gasteiger partial charge in [0.2, 0.25) is 0 Å². The highest BCUT2D eigenvalue weighted by atomic mass is 14.8. The third-order valence-corrected chi connectivity index (χ3v) is 2.09. The lowest BCUT2D eigenvalue weighted by atomic mass is 9.97. The van der Waals surface area contributed by atoms with Crippen LogP contribution in [0.15, 0.2) is 36.7 Å². The van der Waals surface area contributed by atoms with Crippen molar-refractivity contribution in [1.29, 1.82) is 0 Å². The SMILES string of the molecule is Bc1ccc(-c2ccc(B)cn2)nc1. The molecule has 0 bridgehead atoms. The lowest BCUT2D eigenvalue weighted by molar-refractivity contribution is 1.26. The molecule has 0 fully saturated rings. The smallest absolute Gasteiger partial charge is 0.141 e. The molecule has 0 unspecified atom stereocenters. The Kier molecular flexibility index (Phi) is 2.35. The minimum atomic E-state index is 0.926. The van der Waals surface area contributed by atoms with Gasteiger partial charge in [-0.15, -0.1) is 0 Å². The summed E-state index contributed by atoms with van der Waals surface area (Å²) in [7, 11) is 4.05. The van der Waals surface area contributed by atoms with Gasteiger partial charge in [0.25, 0.3) is 0 Å². The molecule has 2 heterocycles. The predicted molar refractivity (Wildman–Crippen MR) is 63.8 cm³/mol. The Morgan fingerprint density at radius 2 is 1.14 bits per heavy atom. The van der Waals surface area contributed by atoms with E-state index < -0.39 is 0 Å². The van der Waals surface area contributed by atoms with E-state index in [2.05, 4.69) is 9.97 Å². The third-order valence-electron chi connectivity index (χ3n) is 2.09. The molecule has 0 aliphatic heterocycles. The van der Waals surface area contributed by atoms with Gasteiger partial charge in [-0.1, -0.05) is 23.1 Å². The lowest BCUT2D eigenvalue weighted by Crippen LogP contribution is -2.05. The summed E-state index contributed by atoms with van der Waals surface area (Å²) in [6, 6.07) is 8.08. The van der Waals surface area contributed by atoms with E-state index in [1.807, 2.05) is 52.4 Å². The molecule has 2 rings (SSSR count). The maximum Gasteiger partial charge on any atom is 0.141 e. The van der Waals surface area contributed by atoms with E-state index in [9.17, 15) is 0 Å². The van der Waals surface area contributed by atoms with Crippen molar-refractivity contribution in [2.24, 2.45) is 0 Å². The molecule has 0 radical (unpaired) electrons. The molecule has 0 saturated carbocycles. The van der Waals surface area contributed by atoms with Gasteiger partial charge in [-0.25, -0.2) is 0 Å². The summed E-state index contributed by atoms with van der Waals surface area (Å²) < 4.78 is 0. The van der Waals surface area contributed by atoms with Crippen molar-refractivity contribution in [3.63, 3.8) is 0 Å². The summed E-state index contributed by atoms with van der Waals surface area (Å²) in [6.07, 6.45) is 3.72. The highest BCUT2D eigenvalue weighted by Gasteiger charge is 1.98. The van der Waals surface area contributed by atoms with Crippen molar-refractivity contribution >= 4 is 26.6 Å². The van der Waals surface area contributed by atoms with E-state index in [0.29, 0.717) is 0 Å². The molecule has 0 amide bonds. The molecule has 2 nitrogen and oxygen atoms in total. The molecule has 14 heavy (non-hydrogen) atoms. The van der Waals surface area contributed by atoms with Gasteiger partial charge in [0, 0.05) is 12.4 Å². The second-order valence-corrected chi connectivity index (χ2v) is 3.44. The van der Waals surface area contributed by atoms with E-state index in [-0.39, 0.29) is 0 Å². The maximum atomic E-state index is 4.32. The van der Waals surface area contributed by atoms with Gasteiger partial charge in [0.1, 0.15) is 15.7 Å². The van der Waals surface area contributed by atoms with Crippen LogP contribution < -0.4 is 10.9 Å². The summed E-state index contributed by atoms with van der Waals surface area (Å²) >= 11 is 0. The van der Waals surface area contributed by atoms with Crippen LogP contribution in [0.4, 0.5) is 0 Å². The molecule has 0 aliphatic carbocycles. The van der Waals surface area contributed by atoms with Crippen molar-refractivity contribution in [2.75, 3.05) is 0 Å². The molecule has 2 aromatic heterocycles. The van der Waals surface area contributed by atoms with Crippen LogP contribution in [-0.2, 0) is 0 Å². The molecule has 0 aliphatic rings. The number of pyridine rings is 2. The first-order chi connectivity index (χ1) is 6.75. The molecule has 0 saturated heterocycles. The average Bonchev–Trinajstić information content (AvgIpc) is 2.21. The van der Waals surface area contributed by atoms with Crippen LogP contribution in [0.1, 0.15) is 0 Å². The van der Waals surface area contributed by atoms with Crippen molar-refractivity contribution in [3.8, 4) is 11.4 Å². The Balaban J connectivity index is 2.40. The molecule has 0 N–H and O–H groups in total. The number of nitrogens with zero attached hydrogens (tertiary/aromatic N) is 2. The van der Waals surface area contributed by atoms with Gasteiger partial charge in [0.05, 0.1) is 11.4 Å². The Bertz CT molecular complexity index is 379. The summed E-state index contributed by atoms with van der Waals surface area (Å²) in [4.78, 5) is 8.63. The van der Waals surface area contributed by atoms with Crippen LogP contribution in [0.2, 0.25) is 0 Å². The molecule has 2 aromatic rings. The second kappa shape index (κ2) is 3.66. The summed E-state index contributed by atoms with van der Waals surface area (Å²) in [5.41, 5.74) is 4.19. The van der Waals surface area contributed by atoms with Crippen molar-refractivity contribution in [3.05, 3.63) is 36.7 Å². The van der Waals surface area contributed by atoms with E-state index in [4.69, 9.17) is 0 Å². The molecule has 4 heteroatoms. The van der Waals surface area contributed by atoms with Crippen molar-refractivity contribution < 1.29 is 0 Å². The average molecular weight is 180 g/mol. The van der Waals surface area contributed by atoms with E-state index in [0.717, 1.165) is 11.4 Å². The van der Waals surface area contributed by atoms with Crippen molar-refractivity contribution in [2.45, 2.75) is 0 Å². The van der Waals surface area contributed by atoms with Gasteiger partial charge in [-0.05, 0) is 12.1 Å². The third kappa shape index (κ3) is 1.84. The second-order valence-electron chi connectivity index (χ2n) is 3.44. The Morgan fingerprint density at radius 1 is 0.714 bits per heavy atom. The molecule has 0 aromatic carbocycles. The lowest BCUT2D eigenvalue weighted by Gasteiger charge is -2.00. The largest absolute Gasteiger partial charge is 0.255 e.